The summed E-state index contributed by atoms with van der Waals surface area (Å²) >= 11 is 6.25. The van der Waals surface area contributed by atoms with Gasteiger partial charge in [0.1, 0.15) is 0 Å². The maximum Gasteiger partial charge on any atom is 0.283 e. The minimum absolute atomic E-state index is 0.0240. The van der Waals surface area contributed by atoms with Gasteiger partial charge in [-0.15, -0.1) is 0 Å². The number of carbonyl (C=O) groups is 1. The van der Waals surface area contributed by atoms with Crippen LogP contribution in [0.25, 0.3) is 0 Å². The van der Waals surface area contributed by atoms with Crippen molar-refractivity contribution in [2.24, 2.45) is 0 Å². The number of carbonyl (C=O) groups excluding carboxylic acids is 1. The molecular weight excluding hydrogens is 398 g/mol. The van der Waals surface area contributed by atoms with E-state index in [1.165, 1.54) is 10.7 Å². The van der Waals surface area contributed by atoms with Crippen LogP contribution in [0.15, 0.2) is 29.4 Å². The Morgan fingerprint density at radius 3 is 2.07 bits per heavy atom. The highest BCUT2D eigenvalue weighted by molar-refractivity contribution is 7.90. The molecule has 0 aliphatic rings. The van der Waals surface area contributed by atoms with E-state index in [0.29, 0.717) is 5.02 Å². The lowest BCUT2D eigenvalue weighted by Crippen LogP contribution is -2.32. The number of benzene rings is 1. The average Bonchev–Trinajstić information content (AvgIpc) is 3.06. The largest absolute Gasteiger partial charge is 0.283 e. The second kappa shape index (κ2) is 8.66. The Balaban J connectivity index is 2.31. The van der Waals surface area contributed by atoms with Crippen LogP contribution in [-0.2, 0) is 21.2 Å². The van der Waals surface area contributed by atoms with Crippen molar-refractivity contribution in [2.75, 3.05) is 0 Å². The van der Waals surface area contributed by atoms with Gasteiger partial charge in [0, 0.05) is 17.3 Å². The third-order valence-electron chi connectivity index (χ3n) is 4.50. The van der Waals surface area contributed by atoms with Gasteiger partial charge in [0.25, 0.3) is 10.0 Å². The van der Waals surface area contributed by atoms with Crippen LogP contribution in [0.2, 0.25) is 5.02 Å². The Morgan fingerprint density at radius 2 is 1.64 bits per heavy atom. The Labute approximate surface area is 172 Å². The van der Waals surface area contributed by atoms with Crippen molar-refractivity contribution >= 4 is 27.5 Å². The summed E-state index contributed by atoms with van der Waals surface area (Å²) in [6.45, 7) is 11.9. The van der Waals surface area contributed by atoms with Crippen molar-refractivity contribution in [1.29, 1.82) is 0 Å². The summed E-state index contributed by atoms with van der Waals surface area (Å²) in [6, 6.07) is 5.10. The molecule has 2 rings (SSSR count). The van der Waals surface area contributed by atoms with Crippen LogP contribution in [0, 0.1) is 0 Å². The Morgan fingerprint density at radius 1 is 1.11 bits per heavy atom. The van der Waals surface area contributed by atoms with Gasteiger partial charge in [-0.3, -0.25) is 9.48 Å². The Bertz CT molecular complexity index is 934. The van der Waals surface area contributed by atoms with Gasteiger partial charge in [-0.05, 0) is 60.6 Å². The number of rotatable bonds is 7. The number of nitrogens with zero attached hydrogens (tertiary/aromatic N) is 2. The number of sulfonamides is 1. The first-order chi connectivity index (χ1) is 12.9. The van der Waals surface area contributed by atoms with Crippen molar-refractivity contribution < 1.29 is 13.2 Å². The van der Waals surface area contributed by atoms with Gasteiger partial charge in [0.15, 0.2) is 5.03 Å². The van der Waals surface area contributed by atoms with E-state index >= 15 is 0 Å². The standard InChI is InChI=1S/C20H28ClN3O3S/c1-12(2)16-9-15(21)10-17(13(3)4)18(16)11-19(25)23-28(26,27)20-7-8-24(22-20)14(5)6/h7-10,12-14H,11H2,1-6H3,(H,23,25). The first-order valence-electron chi connectivity index (χ1n) is 9.35. The van der Waals surface area contributed by atoms with Gasteiger partial charge in [0.05, 0.1) is 6.42 Å². The van der Waals surface area contributed by atoms with E-state index in [1.807, 2.05) is 53.7 Å². The highest BCUT2D eigenvalue weighted by Crippen LogP contribution is 2.31. The maximum absolute atomic E-state index is 12.6. The fourth-order valence-electron chi connectivity index (χ4n) is 3.06. The van der Waals surface area contributed by atoms with Crippen molar-refractivity contribution in [3.8, 4) is 0 Å². The van der Waals surface area contributed by atoms with Gasteiger partial charge < -0.3 is 0 Å². The van der Waals surface area contributed by atoms with Crippen molar-refractivity contribution in [3.63, 3.8) is 0 Å². The van der Waals surface area contributed by atoms with Crippen LogP contribution >= 0.6 is 11.6 Å². The molecule has 0 fully saturated rings. The zero-order valence-corrected chi connectivity index (χ0v) is 18.7. The molecule has 1 amide bonds. The highest BCUT2D eigenvalue weighted by Gasteiger charge is 2.24. The molecule has 8 heteroatoms. The predicted octanol–water partition coefficient (Wildman–Crippen LogP) is 4.41. The zero-order chi connectivity index (χ0) is 21.2. The topological polar surface area (TPSA) is 81.1 Å². The van der Waals surface area contributed by atoms with Crippen LogP contribution in [0.1, 0.15) is 76.1 Å². The van der Waals surface area contributed by atoms with Crippen LogP contribution in [-0.4, -0.2) is 24.1 Å². The normalized spacial score (nSPS) is 12.2. The van der Waals surface area contributed by atoms with Gasteiger partial charge in [0.2, 0.25) is 5.91 Å². The van der Waals surface area contributed by atoms with E-state index in [4.69, 9.17) is 11.6 Å². The quantitative estimate of drug-likeness (QED) is 0.712. The summed E-state index contributed by atoms with van der Waals surface area (Å²) in [5.74, 6) is -0.292. The lowest BCUT2D eigenvalue weighted by atomic mass is 9.87. The monoisotopic (exact) mass is 425 g/mol. The second-order valence-electron chi connectivity index (χ2n) is 7.81. The molecule has 0 unspecified atom stereocenters. The smallest absolute Gasteiger partial charge is 0.274 e. The molecule has 0 saturated carbocycles. The molecule has 1 N–H and O–H groups in total. The predicted molar refractivity (Wildman–Crippen MR) is 111 cm³/mol. The minimum Gasteiger partial charge on any atom is -0.274 e. The molecule has 2 aromatic rings. The molecule has 0 bridgehead atoms. The molecule has 1 heterocycles. The average molecular weight is 426 g/mol. The molecule has 154 valence electrons. The lowest BCUT2D eigenvalue weighted by molar-refractivity contribution is -0.118. The molecule has 28 heavy (non-hydrogen) atoms. The van der Waals surface area contributed by atoms with Crippen molar-refractivity contribution in [3.05, 3.63) is 46.1 Å². The summed E-state index contributed by atoms with van der Waals surface area (Å²) in [6.07, 6.45) is 1.54. The Kier molecular flexibility index (Phi) is 6.93. The molecule has 0 spiro atoms. The molecule has 0 radical (unpaired) electrons. The highest BCUT2D eigenvalue weighted by atomic mass is 35.5. The molecular formula is C20H28ClN3O3S. The number of hydrogen-bond donors (Lipinski definition) is 1. The van der Waals surface area contributed by atoms with E-state index < -0.39 is 15.9 Å². The molecule has 0 aliphatic heterocycles. The van der Waals surface area contributed by atoms with Crippen molar-refractivity contribution in [1.82, 2.24) is 14.5 Å². The third-order valence-corrected chi connectivity index (χ3v) is 5.98. The fraction of sp³-hybridized carbons (Fsp3) is 0.500. The second-order valence-corrected chi connectivity index (χ2v) is 9.87. The molecule has 0 saturated heterocycles. The third kappa shape index (κ3) is 5.14. The summed E-state index contributed by atoms with van der Waals surface area (Å²) < 4.78 is 28.7. The number of halogens is 1. The first kappa shape index (κ1) is 22.4. The van der Waals surface area contributed by atoms with Gasteiger partial charge in [-0.2, -0.15) is 13.5 Å². The summed E-state index contributed by atoms with van der Waals surface area (Å²) in [7, 11) is -4.02. The minimum atomic E-state index is -4.02. The zero-order valence-electron chi connectivity index (χ0n) is 17.2. The van der Waals surface area contributed by atoms with Crippen LogP contribution in [0.4, 0.5) is 0 Å². The maximum atomic E-state index is 12.6. The number of hydrogen-bond acceptors (Lipinski definition) is 4. The van der Waals surface area contributed by atoms with Crippen LogP contribution in [0.3, 0.4) is 0 Å². The van der Waals surface area contributed by atoms with Crippen LogP contribution in [0.5, 0.6) is 0 Å². The summed E-state index contributed by atoms with van der Waals surface area (Å²) in [5.41, 5.74) is 2.73. The van der Waals surface area contributed by atoms with Gasteiger partial charge >= 0.3 is 0 Å². The molecule has 1 aromatic heterocycles. The fourth-order valence-corrected chi connectivity index (χ4v) is 4.22. The van der Waals surface area contributed by atoms with Gasteiger partial charge in [-0.1, -0.05) is 39.3 Å². The van der Waals surface area contributed by atoms with E-state index in [9.17, 15) is 13.2 Å². The van der Waals surface area contributed by atoms with E-state index in [-0.39, 0.29) is 29.3 Å². The lowest BCUT2D eigenvalue weighted by Gasteiger charge is -2.20. The molecule has 1 aromatic carbocycles. The first-order valence-corrected chi connectivity index (χ1v) is 11.2. The SMILES string of the molecule is CC(C)c1cc(Cl)cc(C(C)C)c1CC(=O)NS(=O)(=O)c1ccn(C(C)C)n1. The number of aromatic nitrogens is 2. The molecule has 6 nitrogen and oxygen atoms in total. The van der Waals surface area contributed by atoms with E-state index in [0.717, 1.165) is 16.7 Å². The molecule has 0 aliphatic carbocycles. The number of nitrogens with one attached hydrogen (secondary N) is 1. The van der Waals surface area contributed by atoms with Crippen LogP contribution < -0.4 is 4.72 Å². The van der Waals surface area contributed by atoms with E-state index in [1.54, 1.807) is 6.20 Å². The van der Waals surface area contributed by atoms with Crippen molar-refractivity contribution in [2.45, 2.75) is 70.9 Å². The van der Waals surface area contributed by atoms with Gasteiger partial charge in [-0.25, -0.2) is 4.72 Å². The van der Waals surface area contributed by atoms with E-state index in [2.05, 4.69) is 9.82 Å². The summed E-state index contributed by atoms with van der Waals surface area (Å²) in [5, 5.41) is 4.49. The Hall–Kier alpha value is -1.86. The molecule has 0 atom stereocenters. The number of amides is 1. The summed E-state index contributed by atoms with van der Waals surface area (Å²) in [4.78, 5) is 12.6.